The van der Waals surface area contributed by atoms with Gasteiger partial charge in [0.05, 0.1) is 0 Å². The number of likely N-dealkylation sites (N-methyl/N-ethyl adjacent to an activating group) is 1. The number of likely N-dealkylation sites (tertiary alicyclic amines) is 2. The van der Waals surface area contributed by atoms with Crippen LogP contribution < -0.4 is 0 Å². The predicted molar refractivity (Wildman–Crippen MR) is 80.2 cm³/mol. The number of carbonyl (C=O) groups excluding carboxylic acids is 1. The highest BCUT2D eigenvalue weighted by Crippen LogP contribution is 2.24. The summed E-state index contributed by atoms with van der Waals surface area (Å²) in [5.41, 5.74) is 0. The third-order valence-corrected chi connectivity index (χ3v) is 4.45. The van der Waals surface area contributed by atoms with Crippen molar-refractivity contribution in [1.29, 1.82) is 0 Å². The molecule has 0 aromatic heterocycles. The molecule has 21 heavy (non-hydrogen) atoms. The van der Waals surface area contributed by atoms with Gasteiger partial charge in [-0.25, -0.2) is 4.79 Å². The summed E-state index contributed by atoms with van der Waals surface area (Å²) in [5.74, 6) is -0.656. The smallest absolute Gasteiger partial charge is 0.320 e. The van der Waals surface area contributed by atoms with Crippen molar-refractivity contribution in [3.8, 4) is 0 Å². The minimum atomic E-state index is -0.763. The number of carbonyl (C=O) groups is 2. The number of nitrogens with zero attached hydrogens (tertiary/aromatic N) is 3. The van der Waals surface area contributed by atoms with Crippen LogP contribution in [0.1, 0.15) is 32.1 Å². The molecule has 0 aromatic carbocycles. The first-order valence-corrected chi connectivity index (χ1v) is 7.89. The highest BCUT2D eigenvalue weighted by atomic mass is 16.4. The van der Waals surface area contributed by atoms with Crippen LogP contribution in [0.25, 0.3) is 0 Å². The Morgan fingerprint density at radius 2 is 1.90 bits per heavy atom. The number of amides is 2. The predicted octanol–water partition coefficient (Wildman–Crippen LogP) is 1.32. The molecular weight excluding hydrogens is 270 g/mol. The van der Waals surface area contributed by atoms with E-state index in [0.717, 1.165) is 45.3 Å². The fourth-order valence-electron chi connectivity index (χ4n) is 3.53. The van der Waals surface area contributed by atoms with Crippen LogP contribution in [0.4, 0.5) is 4.79 Å². The Morgan fingerprint density at radius 3 is 2.57 bits per heavy atom. The Kier molecular flexibility index (Phi) is 5.45. The summed E-state index contributed by atoms with van der Waals surface area (Å²) in [7, 11) is 4.07. The van der Waals surface area contributed by atoms with Gasteiger partial charge in [0, 0.05) is 38.6 Å². The zero-order valence-electron chi connectivity index (χ0n) is 13.1. The summed E-state index contributed by atoms with van der Waals surface area (Å²) in [6.45, 7) is 3.09. The minimum absolute atomic E-state index is 0.106. The molecule has 2 saturated heterocycles. The Bertz CT molecular complexity index is 386. The molecular formula is C15H27N3O3. The molecule has 2 aliphatic heterocycles. The third kappa shape index (κ3) is 4.33. The van der Waals surface area contributed by atoms with Gasteiger partial charge in [0.25, 0.3) is 0 Å². The molecule has 0 radical (unpaired) electrons. The average Bonchev–Trinajstić information content (AvgIpc) is 2.84. The van der Waals surface area contributed by atoms with E-state index in [1.165, 1.54) is 0 Å². The fraction of sp³-hybridized carbons (Fsp3) is 0.867. The average molecular weight is 297 g/mol. The van der Waals surface area contributed by atoms with Gasteiger partial charge in [-0.1, -0.05) is 0 Å². The van der Waals surface area contributed by atoms with Crippen molar-refractivity contribution in [2.24, 2.45) is 5.92 Å². The van der Waals surface area contributed by atoms with E-state index in [9.17, 15) is 9.59 Å². The van der Waals surface area contributed by atoms with E-state index in [4.69, 9.17) is 5.11 Å². The fourth-order valence-corrected chi connectivity index (χ4v) is 3.53. The molecule has 0 spiro atoms. The van der Waals surface area contributed by atoms with Crippen molar-refractivity contribution >= 4 is 12.0 Å². The topological polar surface area (TPSA) is 64.1 Å². The van der Waals surface area contributed by atoms with Gasteiger partial charge >= 0.3 is 12.0 Å². The number of hydrogen-bond acceptors (Lipinski definition) is 3. The van der Waals surface area contributed by atoms with Gasteiger partial charge in [-0.05, 0) is 45.7 Å². The lowest BCUT2D eigenvalue weighted by Crippen LogP contribution is -2.51. The molecule has 6 nitrogen and oxygen atoms in total. The molecule has 0 aliphatic carbocycles. The van der Waals surface area contributed by atoms with Crippen molar-refractivity contribution < 1.29 is 14.7 Å². The second kappa shape index (κ2) is 7.11. The van der Waals surface area contributed by atoms with Crippen LogP contribution in [-0.4, -0.2) is 78.1 Å². The number of urea groups is 1. The summed E-state index contributed by atoms with van der Waals surface area (Å²) in [6.07, 6.45) is 4.13. The van der Waals surface area contributed by atoms with Crippen LogP contribution in [0.15, 0.2) is 0 Å². The van der Waals surface area contributed by atoms with Crippen LogP contribution in [0.2, 0.25) is 0 Å². The molecule has 0 saturated carbocycles. The van der Waals surface area contributed by atoms with Gasteiger partial charge < -0.3 is 19.8 Å². The zero-order chi connectivity index (χ0) is 15.4. The van der Waals surface area contributed by atoms with Gasteiger partial charge in [-0.2, -0.15) is 0 Å². The molecule has 2 amide bonds. The number of piperidine rings is 1. The van der Waals surface area contributed by atoms with E-state index < -0.39 is 5.97 Å². The van der Waals surface area contributed by atoms with Crippen LogP contribution in [0.3, 0.4) is 0 Å². The van der Waals surface area contributed by atoms with Gasteiger partial charge in [0.15, 0.2) is 0 Å². The van der Waals surface area contributed by atoms with E-state index in [-0.39, 0.29) is 18.4 Å². The Labute approximate surface area is 126 Å². The largest absolute Gasteiger partial charge is 0.481 e. The SMILES string of the molecule is CN(C)CC1CCCN1C(=O)N1CCCC(CC(=O)O)C1. The maximum absolute atomic E-state index is 12.7. The summed E-state index contributed by atoms with van der Waals surface area (Å²) in [5, 5.41) is 8.92. The van der Waals surface area contributed by atoms with Crippen LogP contribution in [-0.2, 0) is 4.79 Å². The van der Waals surface area contributed by atoms with E-state index in [1.54, 1.807) is 0 Å². The molecule has 0 aromatic rings. The monoisotopic (exact) mass is 297 g/mol. The van der Waals surface area contributed by atoms with E-state index in [1.807, 2.05) is 23.9 Å². The Balaban J connectivity index is 1.93. The lowest BCUT2D eigenvalue weighted by molar-refractivity contribution is -0.138. The molecule has 120 valence electrons. The molecule has 2 atom stereocenters. The quantitative estimate of drug-likeness (QED) is 0.850. The second-order valence-electron chi connectivity index (χ2n) is 6.59. The summed E-state index contributed by atoms with van der Waals surface area (Å²) >= 11 is 0. The molecule has 1 N–H and O–H groups in total. The Morgan fingerprint density at radius 1 is 1.19 bits per heavy atom. The van der Waals surface area contributed by atoms with Crippen molar-refractivity contribution in [1.82, 2.24) is 14.7 Å². The van der Waals surface area contributed by atoms with Gasteiger partial charge in [-0.3, -0.25) is 4.79 Å². The van der Waals surface area contributed by atoms with Gasteiger partial charge in [0.1, 0.15) is 0 Å². The maximum atomic E-state index is 12.7. The maximum Gasteiger partial charge on any atom is 0.320 e. The highest BCUT2D eigenvalue weighted by Gasteiger charge is 2.34. The van der Waals surface area contributed by atoms with Crippen LogP contribution >= 0.6 is 0 Å². The summed E-state index contributed by atoms with van der Waals surface area (Å²) in [4.78, 5) is 29.5. The first-order valence-electron chi connectivity index (χ1n) is 7.89. The summed E-state index contributed by atoms with van der Waals surface area (Å²) in [6, 6.07) is 0.404. The van der Waals surface area contributed by atoms with Gasteiger partial charge in [0.2, 0.25) is 0 Å². The zero-order valence-corrected chi connectivity index (χ0v) is 13.1. The van der Waals surface area contributed by atoms with Crippen LogP contribution in [0, 0.1) is 5.92 Å². The second-order valence-corrected chi connectivity index (χ2v) is 6.59. The molecule has 0 bridgehead atoms. The highest BCUT2D eigenvalue weighted by molar-refractivity contribution is 5.75. The number of aliphatic carboxylic acids is 1. The van der Waals surface area contributed by atoms with Crippen molar-refractivity contribution in [2.45, 2.75) is 38.1 Å². The first kappa shape index (κ1) is 16.1. The van der Waals surface area contributed by atoms with Gasteiger partial charge in [-0.15, -0.1) is 0 Å². The lowest BCUT2D eigenvalue weighted by Gasteiger charge is -2.37. The standard InChI is InChI=1S/C15H27N3O3/c1-16(2)11-13-6-4-8-18(13)15(21)17-7-3-5-12(10-17)9-14(19)20/h12-13H,3-11H2,1-2H3,(H,19,20). The minimum Gasteiger partial charge on any atom is -0.481 e. The van der Waals surface area contributed by atoms with Crippen molar-refractivity contribution in [2.75, 3.05) is 40.3 Å². The number of carboxylic acids is 1. The van der Waals surface area contributed by atoms with E-state index >= 15 is 0 Å². The number of hydrogen-bond donors (Lipinski definition) is 1. The Hall–Kier alpha value is -1.30. The molecule has 6 heteroatoms. The third-order valence-electron chi connectivity index (χ3n) is 4.45. The van der Waals surface area contributed by atoms with Crippen molar-refractivity contribution in [3.05, 3.63) is 0 Å². The molecule has 2 fully saturated rings. The number of rotatable bonds is 4. The first-order chi connectivity index (χ1) is 9.97. The van der Waals surface area contributed by atoms with E-state index in [2.05, 4.69) is 4.90 Å². The summed E-state index contributed by atoms with van der Waals surface area (Å²) < 4.78 is 0. The molecule has 2 unspecified atom stereocenters. The molecule has 2 heterocycles. The van der Waals surface area contributed by atoms with E-state index in [0.29, 0.717) is 12.6 Å². The van der Waals surface area contributed by atoms with Crippen molar-refractivity contribution in [3.63, 3.8) is 0 Å². The molecule has 2 rings (SSSR count). The number of carboxylic acid groups (broad SMARTS) is 1. The normalized spacial score (nSPS) is 26.4. The molecule has 2 aliphatic rings. The van der Waals surface area contributed by atoms with Crippen LogP contribution in [0.5, 0.6) is 0 Å². The lowest BCUT2D eigenvalue weighted by atomic mass is 9.95.